The quantitative estimate of drug-likeness (QED) is 0.140. The maximum atomic E-state index is 2.80. The fourth-order valence-electron chi connectivity index (χ4n) is 16.5. The van der Waals surface area contributed by atoms with Gasteiger partial charge in [0.2, 0.25) is 0 Å². The number of benzene rings is 8. The van der Waals surface area contributed by atoms with E-state index in [0.29, 0.717) is 0 Å². The summed E-state index contributed by atoms with van der Waals surface area (Å²) >= 11 is 0. The number of aryl methyl sites for hydroxylation is 3. The lowest BCUT2D eigenvalue weighted by molar-refractivity contribution is 0.332. The van der Waals surface area contributed by atoms with Crippen LogP contribution >= 0.6 is 0 Å². The molecule has 78 heavy (non-hydrogen) atoms. The van der Waals surface area contributed by atoms with Crippen molar-refractivity contribution in [3.05, 3.63) is 219 Å². The molecule has 1 unspecified atom stereocenters. The summed E-state index contributed by atoms with van der Waals surface area (Å²) in [7, 11) is 0. The van der Waals surface area contributed by atoms with Gasteiger partial charge in [0.1, 0.15) is 0 Å². The summed E-state index contributed by atoms with van der Waals surface area (Å²) in [6.45, 7) is 34.6. The molecule has 0 radical (unpaired) electrons. The molecule has 0 N–H and O–H groups in total. The van der Waals surface area contributed by atoms with Crippen LogP contribution in [-0.4, -0.2) is 6.71 Å². The third kappa shape index (κ3) is 7.93. The Hall–Kier alpha value is -6.58. The smallest absolute Gasteiger partial charge is 0.252 e. The number of nitrogens with zero attached hydrogens (tertiary/aromatic N) is 2. The molecule has 2 heterocycles. The topological polar surface area (TPSA) is 6.48 Å². The van der Waals surface area contributed by atoms with Crippen molar-refractivity contribution in [2.24, 2.45) is 0 Å². The van der Waals surface area contributed by atoms with Crippen LogP contribution in [0.25, 0.3) is 11.1 Å². The van der Waals surface area contributed by atoms with E-state index < -0.39 is 0 Å². The first-order chi connectivity index (χ1) is 36.9. The monoisotopic (exact) mass is 1020 g/mol. The molecule has 2 aliphatic heterocycles. The second-order valence-electron chi connectivity index (χ2n) is 28.7. The highest BCUT2D eigenvalue weighted by Crippen LogP contribution is 2.57. The SMILES string of the molecule is Cc1cc2c(cc1N1c3cc4c(cc3B3c5ccc(-c6ccccc6)cc5N(c5cc6c(cc5C)C(C)(C)CC6(C)C)c5cc(C(CCc6ccccc6)c6ccccc6)cc1c53)C(C)(C)CC4(C)C)C(C)(C)CCC2(C)C. The molecule has 13 rings (SSSR count). The van der Waals surface area contributed by atoms with Crippen molar-refractivity contribution >= 4 is 57.2 Å². The van der Waals surface area contributed by atoms with Gasteiger partial charge in [-0.3, -0.25) is 0 Å². The zero-order valence-corrected chi connectivity index (χ0v) is 49.3. The highest BCUT2D eigenvalue weighted by molar-refractivity contribution is 7.00. The van der Waals surface area contributed by atoms with Crippen molar-refractivity contribution in [3.8, 4) is 11.1 Å². The highest BCUT2D eigenvalue weighted by Gasteiger charge is 2.50. The van der Waals surface area contributed by atoms with Crippen molar-refractivity contribution in [1.29, 1.82) is 0 Å². The Balaban J connectivity index is 1.18. The molecule has 8 aromatic carbocycles. The molecule has 0 saturated carbocycles. The van der Waals surface area contributed by atoms with Gasteiger partial charge in [-0.15, -0.1) is 0 Å². The lowest BCUT2D eigenvalue weighted by atomic mass is 9.33. The maximum absolute atomic E-state index is 2.80. The van der Waals surface area contributed by atoms with E-state index in [0.717, 1.165) is 25.7 Å². The molecule has 0 aromatic heterocycles. The number of fused-ring (bicyclic) bond motifs is 7. The van der Waals surface area contributed by atoms with Crippen LogP contribution in [0.1, 0.15) is 182 Å². The summed E-state index contributed by atoms with van der Waals surface area (Å²) in [4.78, 5) is 5.55. The summed E-state index contributed by atoms with van der Waals surface area (Å²) in [5.41, 5.74) is 30.5. The minimum Gasteiger partial charge on any atom is -0.311 e. The Bertz CT molecular complexity index is 3720. The molecule has 1 atom stereocenters. The molecule has 0 saturated heterocycles. The summed E-state index contributed by atoms with van der Waals surface area (Å²) in [6, 6.07) is 62.4. The van der Waals surface area contributed by atoms with E-state index in [4.69, 9.17) is 0 Å². The minimum absolute atomic E-state index is 0.00547. The molecule has 3 aliphatic carbocycles. The maximum Gasteiger partial charge on any atom is 0.252 e. The lowest BCUT2D eigenvalue weighted by Gasteiger charge is -2.47. The number of rotatable bonds is 8. The zero-order chi connectivity index (χ0) is 54.6. The third-order valence-corrected chi connectivity index (χ3v) is 20.2. The van der Waals surface area contributed by atoms with Crippen LogP contribution in [0.5, 0.6) is 0 Å². The summed E-state index contributed by atoms with van der Waals surface area (Å²) in [6.07, 6.45) is 6.56. The van der Waals surface area contributed by atoms with E-state index in [1.165, 1.54) is 136 Å². The van der Waals surface area contributed by atoms with Gasteiger partial charge < -0.3 is 9.80 Å². The first-order valence-corrected chi connectivity index (χ1v) is 29.5. The molecular weight excluding hydrogens is 940 g/mol. The van der Waals surface area contributed by atoms with Gasteiger partial charge in [0.05, 0.1) is 0 Å². The fraction of sp³-hybridized carbons (Fsp3) is 0.360. The van der Waals surface area contributed by atoms with E-state index >= 15 is 0 Å². The first kappa shape index (κ1) is 50.9. The van der Waals surface area contributed by atoms with Crippen molar-refractivity contribution < 1.29 is 0 Å². The average molecular weight is 1020 g/mol. The van der Waals surface area contributed by atoms with E-state index in [1.807, 2.05) is 0 Å². The molecule has 0 fully saturated rings. The Kier molecular flexibility index (Phi) is 11.4. The third-order valence-electron chi connectivity index (χ3n) is 20.2. The van der Waals surface area contributed by atoms with Gasteiger partial charge in [-0.2, -0.15) is 0 Å². The molecule has 8 aromatic rings. The Labute approximate surface area is 468 Å². The van der Waals surface area contributed by atoms with Crippen molar-refractivity contribution in [2.75, 3.05) is 9.80 Å². The number of hydrogen-bond donors (Lipinski definition) is 0. The highest BCUT2D eigenvalue weighted by atomic mass is 15.2. The van der Waals surface area contributed by atoms with Gasteiger partial charge in [-0.1, -0.05) is 204 Å². The van der Waals surface area contributed by atoms with Crippen molar-refractivity contribution in [1.82, 2.24) is 0 Å². The molecule has 0 spiro atoms. The molecule has 0 amide bonds. The summed E-state index contributed by atoms with van der Waals surface area (Å²) < 4.78 is 0. The van der Waals surface area contributed by atoms with Gasteiger partial charge in [0.15, 0.2) is 0 Å². The second kappa shape index (κ2) is 17.5. The minimum atomic E-state index is -0.00547. The van der Waals surface area contributed by atoms with Crippen LogP contribution in [0.15, 0.2) is 158 Å². The van der Waals surface area contributed by atoms with Crippen LogP contribution in [0.2, 0.25) is 0 Å². The van der Waals surface area contributed by atoms with Crippen LogP contribution in [0, 0.1) is 13.8 Å². The molecular formula is C75H81BN2. The lowest BCUT2D eigenvalue weighted by Crippen LogP contribution is -2.61. The predicted molar refractivity (Wildman–Crippen MR) is 335 cm³/mol. The second-order valence-corrected chi connectivity index (χ2v) is 28.7. The Morgan fingerprint density at radius 3 is 1.36 bits per heavy atom. The van der Waals surface area contributed by atoms with Crippen LogP contribution in [-0.2, 0) is 38.9 Å². The van der Waals surface area contributed by atoms with Crippen molar-refractivity contribution in [2.45, 2.75) is 174 Å². The van der Waals surface area contributed by atoms with Gasteiger partial charge in [-0.25, -0.2) is 0 Å². The van der Waals surface area contributed by atoms with Gasteiger partial charge >= 0.3 is 0 Å². The van der Waals surface area contributed by atoms with Gasteiger partial charge in [-0.05, 0) is 210 Å². The van der Waals surface area contributed by atoms with E-state index in [9.17, 15) is 0 Å². The molecule has 5 aliphatic rings. The normalized spacial score (nSPS) is 19.3. The number of anilines is 6. The Morgan fingerprint density at radius 2 is 0.821 bits per heavy atom. The summed E-state index contributed by atoms with van der Waals surface area (Å²) in [5.74, 6) is 0.138. The van der Waals surface area contributed by atoms with Crippen LogP contribution in [0.4, 0.5) is 34.1 Å². The first-order valence-electron chi connectivity index (χ1n) is 29.5. The van der Waals surface area contributed by atoms with E-state index in [1.54, 1.807) is 0 Å². The number of hydrogen-bond acceptors (Lipinski definition) is 2. The fourth-order valence-corrected chi connectivity index (χ4v) is 16.5. The molecule has 394 valence electrons. The summed E-state index contributed by atoms with van der Waals surface area (Å²) in [5, 5.41) is 0. The largest absolute Gasteiger partial charge is 0.311 e. The van der Waals surface area contributed by atoms with E-state index in [2.05, 4.69) is 264 Å². The average Bonchev–Trinajstić information content (AvgIpc) is 3.89. The van der Waals surface area contributed by atoms with Gasteiger partial charge in [0.25, 0.3) is 6.71 Å². The Morgan fingerprint density at radius 1 is 0.385 bits per heavy atom. The zero-order valence-electron chi connectivity index (χ0n) is 49.3. The van der Waals surface area contributed by atoms with Crippen LogP contribution in [0.3, 0.4) is 0 Å². The molecule has 3 heteroatoms. The standard InChI is InChI=1S/C75H81BN2/c1-47-36-55-58(71(5,6)35-34-70(55,3)4)42-63(47)78-66-44-60-57(73(9,10)46-75(60,13)14)41-62(66)76-61-33-31-52(50-26-20-16-21-27-50)38-65(61)77(64-43-59-56(37-48(64)2)72(7,8)45-74(59,11)12)67-39-53(40-68(78)69(67)76)54(51-28-22-17-23-29-51)32-30-49-24-18-15-19-25-49/h15-29,31,33,36-44,54H,30,32,34-35,45-46H2,1-14H3. The molecule has 2 nitrogen and oxygen atoms in total. The van der Waals surface area contributed by atoms with Crippen LogP contribution < -0.4 is 26.2 Å². The molecule has 0 bridgehead atoms. The van der Waals surface area contributed by atoms with Crippen molar-refractivity contribution in [3.63, 3.8) is 0 Å². The predicted octanol–water partition coefficient (Wildman–Crippen LogP) is 18.1. The van der Waals surface area contributed by atoms with E-state index in [-0.39, 0.29) is 45.1 Å². The van der Waals surface area contributed by atoms with Gasteiger partial charge in [0, 0.05) is 40.0 Å².